The smallest absolute Gasteiger partial charge is 0.379 e. The van der Waals surface area contributed by atoms with E-state index in [1.807, 2.05) is 0 Å². The first kappa shape index (κ1) is 33.5. The lowest BCUT2D eigenvalue weighted by Crippen LogP contribution is -2.24. The molecule has 198 valence electrons. The van der Waals surface area contributed by atoms with Crippen LogP contribution in [0.4, 0.5) is 0 Å². The molecule has 2 atom stereocenters. The minimum absolute atomic E-state index is 0.0423. The third-order valence-electron chi connectivity index (χ3n) is 5.43. The van der Waals surface area contributed by atoms with E-state index in [0.29, 0.717) is 30.7 Å². The molecule has 0 fully saturated rings. The van der Waals surface area contributed by atoms with Crippen LogP contribution >= 0.6 is 34.1 Å². The number of ether oxygens (including phenoxy) is 2. The molecule has 0 aliphatic heterocycles. The molecule has 0 radical (unpaired) electrons. The van der Waals surface area contributed by atoms with Gasteiger partial charge >= 0.3 is 6.95 Å². The molecule has 9 heteroatoms. The number of methoxy groups -OCH3 is 1. The van der Waals surface area contributed by atoms with E-state index in [0.717, 1.165) is 38.5 Å². The standard InChI is InChI=1S/C24H47BrClO6P/c1-3-4-5-6-7-8-9-10-13-16-23(27)17-14-11-12-15-19-30-21-24(29-2)22-32-33(26,28)31-20-18-25/h24H,3-22H2,1-2H3. The van der Waals surface area contributed by atoms with Crippen molar-refractivity contribution in [2.24, 2.45) is 0 Å². The first-order valence-corrected chi connectivity index (χ1v) is 16.3. The molecule has 6 nitrogen and oxygen atoms in total. The molecule has 0 aromatic carbocycles. The Labute approximate surface area is 215 Å². The SMILES string of the molecule is CCCCCCCCCCCC(=O)CCCCCCOCC(COP(=O)(Cl)OCCBr)OC. The van der Waals surface area contributed by atoms with Gasteiger partial charge in [-0.05, 0) is 19.3 Å². The molecule has 0 bridgehead atoms. The van der Waals surface area contributed by atoms with Gasteiger partial charge in [-0.2, -0.15) is 0 Å². The quantitative estimate of drug-likeness (QED) is 0.0586. The molecular formula is C24H47BrClO6P. The maximum absolute atomic E-state index is 12.0. The summed E-state index contributed by atoms with van der Waals surface area (Å²) < 4.78 is 32.8. The van der Waals surface area contributed by atoms with Crippen LogP contribution in [-0.4, -0.2) is 50.8 Å². The maximum atomic E-state index is 12.0. The second-order valence-corrected chi connectivity index (χ2v) is 11.9. The Kier molecular flexibility index (Phi) is 24.6. The van der Waals surface area contributed by atoms with Crippen LogP contribution in [0.25, 0.3) is 0 Å². The van der Waals surface area contributed by atoms with Crippen LogP contribution in [-0.2, 0) is 27.9 Å². The lowest BCUT2D eigenvalue weighted by molar-refractivity contribution is -0.119. The van der Waals surface area contributed by atoms with E-state index >= 15 is 0 Å². The van der Waals surface area contributed by atoms with Gasteiger partial charge < -0.3 is 9.47 Å². The van der Waals surface area contributed by atoms with Gasteiger partial charge in [-0.1, -0.05) is 87.1 Å². The average molecular weight is 578 g/mol. The second-order valence-electron chi connectivity index (χ2n) is 8.46. The van der Waals surface area contributed by atoms with Crippen molar-refractivity contribution >= 4 is 39.9 Å². The highest BCUT2D eigenvalue weighted by molar-refractivity contribution is 9.09. The summed E-state index contributed by atoms with van der Waals surface area (Å²) in [5.74, 6) is 0.411. The van der Waals surface area contributed by atoms with E-state index in [1.165, 1.54) is 51.4 Å². The molecule has 0 rings (SSSR count). The Balaban J connectivity index is 3.51. The van der Waals surface area contributed by atoms with Crippen LogP contribution in [0.5, 0.6) is 0 Å². The van der Waals surface area contributed by atoms with Gasteiger partial charge in [0.15, 0.2) is 0 Å². The number of halogens is 2. The molecule has 0 aromatic rings. The molecular weight excluding hydrogens is 531 g/mol. The summed E-state index contributed by atoms with van der Waals surface area (Å²) in [7, 11) is 1.54. The minimum atomic E-state index is -3.58. The van der Waals surface area contributed by atoms with E-state index in [1.54, 1.807) is 7.11 Å². The Morgan fingerprint density at radius 3 is 1.91 bits per heavy atom. The van der Waals surface area contributed by atoms with Crippen molar-refractivity contribution in [1.29, 1.82) is 0 Å². The largest absolute Gasteiger partial charge is 0.424 e. The summed E-state index contributed by atoms with van der Waals surface area (Å²) in [6, 6.07) is 0. The third kappa shape index (κ3) is 24.0. The van der Waals surface area contributed by atoms with Crippen LogP contribution in [0.3, 0.4) is 0 Å². The Morgan fingerprint density at radius 2 is 1.36 bits per heavy atom. The highest BCUT2D eigenvalue weighted by Gasteiger charge is 2.23. The van der Waals surface area contributed by atoms with Gasteiger partial charge in [0.25, 0.3) is 0 Å². The summed E-state index contributed by atoms with van der Waals surface area (Å²) in [5, 5.41) is 0.525. The zero-order valence-corrected chi connectivity index (χ0v) is 24.1. The minimum Gasteiger partial charge on any atom is -0.379 e. The van der Waals surface area contributed by atoms with Gasteiger partial charge in [0.1, 0.15) is 11.9 Å². The molecule has 0 aliphatic carbocycles. The second kappa shape index (κ2) is 24.2. The number of ketones is 1. The predicted molar refractivity (Wildman–Crippen MR) is 141 cm³/mol. The van der Waals surface area contributed by atoms with Crippen molar-refractivity contribution in [3.8, 4) is 0 Å². The summed E-state index contributed by atoms with van der Waals surface area (Å²) >= 11 is 8.88. The Hall–Kier alpha value is 0.510. The van der Waals surface area contributed by atoms with Crippen molar-refractivity contribution in [3.63, 3.8) is 0 Å². The van der Waals surface area contributed by atoms with E-state index in [4.69, 9.17) is 29.8 Å². The monoisotopic (exact) mass is 576 g/mol. The number of hydrogen-bond acceptors (Lipinski definition) is 6. The molecule has 0 heterocycles. The molecule has 0 saturated carbocycles. The van der Waals surface area contributed by atoms with E-state index in [2.05, 4.69) is 22.9 Å². The average Bonchev–Trinajstić information content (AvgIpc) is 2.80. The fourth-order valence-electron chi connectivity index (χ4n) is 3.39. The Bertz CT molecular complexity index is 498. The molecule has 0 aromatic heterocycles. The van der Waals surface area contributed by atoms with Crippen molar-refractivity contribution in [2.45, 2.75) is 109 Å². The number of rotatable bonds is 26. The summed E-state index contributed by atoms with van der Waals surface area (Å²) in [4.78, 5) is 12.0. The van der Waals surface area contributed by atoms with Gasteiger partial charge in [0, 0.05) is 43.1 Å². The number of alkyl halides is 1. The molecule has 33 heavy (non-hydrogen) atoms. The van der Waals surface area contributed by atoms with Crippen molar-refractivity contribution in [3.05, 3.63) is 0 Å². The molecule has 0 amide bonds. The normalized spacial score (nSPS) is 14.3. The molecule has 0 saturated heterocycles. The molecule has 0 aliphatic rings. The third-order valence-corrected chi connectivity index (χ3v) is 7.29. The first-order valence-electron chi connectivity index (χ1n) is 12.7. The molecule has 2 unspecified atom stereocenters. The highest BCUT2D eigenvalue weighted by Crippen LogP contribution is 2.53. The van der Waals surface area contributed by atoms with Crippen molar-refractivity contribution < 1.29 is 27.9 Å². The van der Waals surface area contributed by atoms with Gasteiger partial charge in [-0.25, -0.2) is 4.57 Å². The van der Waals surface area contributed by atoms with Crippen molar-refractivity contribution in [2.75, 3.05) is 38.9 Å². The fourth-order valence-corrected chi connectivity index (χ4v) is 4.91. The lowest BCUT2D eigenvalue weighted by Gasteiger charge is -2.17. The van der Waals surface area contributed by atoms with Crippen LogP contribution < -0.4 is 0 Å². The van der Waals surface area contributed by atoms with E-state index in [9.17, 15) is 9.36 Å². The zero-order chi connectivity index (χ0) is 24.6. The van der Waals surface area contributed by atoms with Gasteiger partial charge in [-0.15, -0.1) is 0 Å². The van der Waals surface area contributed by atoms with E-state index < -0.39 is 6.95 Å². The number of hydrogen-bond donors (Lipinski definition) is 0. The Morgan fingerprint density at radius 1 is 0.818 bits per heavy atom. The predicted octanol–water partition coefficient (Wildman–Crippen LogP) is 8.23. The van der Waals surface area contributed by atoms with Crippen LogP contribution in [0.15, 0.2) is 0 Å². The number of unbranched alkanes of at least 4 members (excludes halogenated alkanes) is 11. The first-order chi connectivity index (χ1) is 15.9. The fraction of sp³-hybridized carbons (Fsp3) is 0.958. The molecule has 0 spiro atoms. The van der Waals surface area contributed by atoms with Crippen LogP contribution in [0.1, 0.15) is 103 Å². The van der Waals surface area contributed by atoms with Gasteiger partial charge in [0.2, 0.25) is 0 Å². The van der Waals surface area contributed by atoms with Crippen LogP contribution in [0, 0.1) is 0 Å². The van der Waals surface area contributed by atoms with Gasteiger partial charge in [-0.3, -0.25) is 13.8 Å². The number of Topliss-reactive ketones (excluding diaryl/α,β-unsaturated/α-hetero) is 1. The van der Waals surface area contributed by atoms with E-state index in [-0.39, 0.29) is 19.3 Å². The topological polar surface area (TPSA) is 71.1 Å². The highest BCUT2D eigenvalue weighted by atomic mass is 79.9. The summed E-state index contributed by atoms with van der Waals surface area (Å²) in [6.07, 6.45) is 16.6. The van der Waals surface area contributed by atoms with Gasteiger partial charge in [0.05, 0.1) is 19.8 Å². The molecule has 0 N–H and O–H groups in total. The zero-order valence-electron chi connectivity index (χ0n) is 20.9. The maximum Gasteiger partial charge on any atom is 0.424 e. The van der Waals surface area contributed by atoms with Crippen molar-refractivity contribution in [1.82, 2.24) is 0 Å². The lowest BCUT2D eigenvalue weighted by atomic mass is 10.0. The number of carbonyl (C=O) groups excluding carboxylic acids is 1. The van der Waals surface area contributed by atoms with Crippen LogP contribution in [0.2, 0.25) is 0 Å². The summed E-state index contributed by atoms with van der Waals surface area (Å²) in [5.41, 5.74) is 0. The number of carbonyl (C=O) groups is 1. The summed E-state index contributed by atoms with van der Waals surface area (Å²) in [6.45, 7) is -0.131.